The number of nitrogens with zero attached hydrogens (tertiary/aromatic N) is 2. The minimum absolute atomic E-state index is 0.0268. The summed E-state index contributed by atoms with van der Waals surface area (Å²) < 4.78 is 10.8. The molecular weight excluding hydrogens is 340 g/mol. The summed E-state index contributed by atoms with van der Waals surface area (Å²) in [5, 5.41) is 28.6. The van der Waals surface area contributed by atoms with Crippen LogP contribution >= 0.6 is 0 Å². The molecule has 0 aliphatic carbocycles. The van der Waals surface area contributed by atoms with Gasteiger partial charge in [-0.1, -0.05) is 18.2 Å². The molecule has 1 aliphatic rings. The van der Waals surface area contributed by atoms with Crippen LogP contribution in [0, 0.1) is 10.1 Å². The van der Waals surface area contributed by atoms with Crippen LogP contribution in [0.2, 0.25) is 0 Å². The molecule has 1 atom stereocenters. The second-order valence-electron chi connectivity index (χ2n) is 5.52. The molecule has 1 saturated heterocycles. The Hall–Kier alpha value is -2.39. The number of non-ortho nitro benzene ring substituents is 1. The summed E-state index contributed by atoms with van der Waals surface area (Å²) >= 11 is 0. The zero-order valence-corrected chi connectivity index (χ0v) is 14.4. The highest BCUT2D eigenvalue weighted by atomic mass is 16.7. The second-order valence-corrected chi connectivity index (χ2v) is 5.52. The maximum Gasteiger partial charge on any atom is 0.269 e. The number of rotatable bonds is 5. The maximum absolute atomic E-state index is 10.6. The third-order valence-corrected chi connectivity index (χ3v) is 3.57. The first-order valence-corrected chi connectivity index (χ1v) is 8.27. The first-order chi connectivity index (χ1) is 12.5. The van der Waals surface area contributed by atoms with Crippen LogP contribution in [-0.2, 0) is 15.9 Å². The molecule has 2 N–H and O–H groups in total. The number of ether oxygens (including phenoxy) is 2. The van der Waals surface area contributed by atoms with E-state index >= 15 is 0 Å². The van der Waals surface area contributed by atoms with E-state index in [1.807, 2.05) is 0 Å². The Kier molecular flexibility index (Phi) is 7.61. The molecule has 3 rings (SSSR count). The summed E-state index contributed by atoms with van der Waals surface area (Å²) in [6.45, 7) is 2.99. The van der Waals surface area contributed by atoms with Crippen molar-refractivity contribution < 1.29 is 24.6 Å². The number of hydrogen-bond acceptors (Lipinski definition) is 7. The van der Waals surface area contributed by atoms with E-state index in [0.717, 1.165) is 5.56 Å². The molecule has 26 heavy (non-hydrogen) atoms. The van der Waals surface area contributed by atoms with Crippen molar-refractivity contribution in [2.45, 2.75) is 25.7 Å². The predicted octanol–water partition coefficient (Wildman–Crippen LogP) is 2.31. The van der Waals surface area contributed by atoms with Crippen LogP contribution in [0.15, 0.2) is 42.5 Å². The molecule has 8 nitrogen and oxygen atoms in total. The normalized spacial score (nSPS) is 15.2. The summed E-state index contributed by atoms with van der Waals surface area (Å²) in [4.78, 5) is 14.6. The van der Waals surface area contributed by atoms with Crippen molar-refractivity contribution >= 4 is 5.69 Å². The quantitative estimate of drug-likeness (QED) is 0.619. The number of aliphatic hydroxyl groups excluding tert-OH is 2. The van der Waals surface area contributed by atoms with Crippen molar-refractivity contribution in [3.05, 3.63) is 69.5 Å². The highest BCUT2D eigenvalue weighted by molar-refractivity contribution is 5.33. The van der Waals surface area contributed by atoms with Crippen LogP contribution in [0.3, 0.4) is 0 Å². The summed E-state index contributed by atoms with van der Waals surface area (Å²) in [6, 6.07) is 11.4. The third kappa shape index (κ3) is 5.57. The van der Waals surface area contributed by atoms with E-state index in [1.54, 1.807) is 37.3 Å². The van der Waals surface area contributed by atoms with Gasteiger partial charge >= 0.3 is 0 Å². The van der Waals surface area contributed by atoms with Crippen molar-refractivity contribution in [2.24, 2.45) is 0 Å². The van der Waals surface area contributed by atoms with Crippen molar-refractivity contribution in [2.75, 3.05) is 19.8 Å². The van der Waals surface area contributed by atoms with Gasteiger partial charge in [-0.2, -0.15) is 0 Å². The highest BCUT2D eigenvalue weighted by Gasteiger charge is 2.21. The highest BCUT2D eigenvalue weighted by Crippen LogP contribution is 2.24. The lowest BCUT2D eigenvalue weighted by molar-refractivity contribution is -0.384. The van der Waals surface area contributed by atoms with E-state index in [1.165, 1.54) is 12.1 Å². The molecule has 0 amide bonds. The summed E-state index contributed by atoms with van der Waals surface area (Å²) in [6.07, 6.45) is -0.972. The van der Waals surface area contributed by atoms with E-state index in [4.69, 9.17) is 14.6 Å². The Morgan fingerprint density at radius 1 is 1.23 bits per heavy atom. The molecule has 0 radical (unpaired) electrons. The number of nitro benzene ring substituents is 1. The average molecular weight is 362 g/mol. The van der Waals surface area contributed by atoms with Crippen LogP contribution in [0.4, 0.5) is 5.69 Å². The van der Waals surface area contributed by atoms with Gasteiger partial charge in [-0.15, -0.1) is 0 Å². The van der Waals surface area contributed by atoms with Gasteiger partial charge < -0.3 is 19.7 Å². The lowest BCUT2D eigenvalue weighted by atomic mass is 10.0. The summed E-state index contributed by atoms with van der Waals surface area (Å²) in [5.41, 5.74) is 1.96. The summed E-state index contributed by atoms with van der Waals surface area (Å²) in [5.74, 6) is 0. The number of hydrogen-bond donors (Lipinski definition) is 2. The molecule has 2 heterocycles. The monoisotopic (exact) mass is 362 g/mol. The van der Waals surface area contributed by atoms with Crippen LogP contribution in [0.5, 0.6) is 0 Å². The molecule has 1 aliphatic heterocycles. The molecule has 1 aromatic heterocycles. The molecule has 0 spiro atoms. The van der Waals surface area contributed by atoms with Gasteiger partial charge in [-0.25, -0.2) is 4.98 Å². The molecule has 8 heteroatoms. The van der Waals surface area contributed by atoms with Crippen LogP contribution < -0.4 is 0 Å². The second kappa shape index (κ2) is 9.93. The van der Waals surface area contributed by atoms with Crippen molar-refractivity contribution in [3.8, 4) is 0 Å². The molecule has 140 valence electrons. The van der Waals surface area contributed by atoms with Crippen LogP contribution in [-0.4, -0.2) is 39.9 Å². The van der Waals surface area contributed by atoms with Gasteiger partial charge in [0.1, 0.15) is 0 Å². The lowest BCUT2D eigenvalue weighted by Crippen LogP contribution is -2.08. The van der Waals surface area contributed by atoms with Gasteiger partial charge in [0.25, 0.3) is 5.69 Å². The Balaban J connectivity index is 0.000000758. The average Bonchev–Trinajstić information content (AvgIpc) is 3.18. The Morgan fingerprint density at radius 3 is 2.42 bits per heavy atom. The number of nitro groups is 1. The van der Waals surface area contributed by atoms with E-state index in [0.29, 0.717) is 31.0 Å². The first-order valence-electron chi connectivity index (χ1n) is 8.27. The fourth-order valence-electron chi connectivity index (χ4n) is 2.40. The predicted molar refractivity (Wildman–Crippen MR) is 93.4 cm³/mol. The van der Waals surface area contributed by atoms with Gasteiger partial charge in [0.2, 0.25) is 6.29 Å². The fourth-order valence-corrected chi connectivity index (χ4v) is 2.40. The molecule has 0 bridgehead atoms. The molecule has 2 aromatic rings. The van der Waals surface area contributed by atoms with Gasteiger partial charge in [0.05, 0.1) is 35.6 Å². The van der Waals surface area contributed by atoms with Gasteiger partial charge in [0, 0.05) is 25.2 Å². The SMILES string of the molecule is CCO.O=[N+]([O-])c1ccc(CC(O)c2cccc(C3OCCO3)n2)cc1. The smallest absolute Gasteiger partial charge is 0.269 e. The number of aromatic nitrogens is 1. The van der Waals surface area contributed by atoms with E-state index in [9.17, 15) is 15.2 Å². The van der Waals surface area contributed by atoms with Gasteiger partial charge in [-0.05, 0) is 24.6 Å². The summed E-state index contributed by atoms with van der Waals surface area (Å²) in [7, 11) is 0. The van der Waals surface area contributed by atoms with Crippen molar-refractivity contribution in [1.82, 2.24) is 4.98 Å². The standard InChI is InChI=1S/C16H16N2O5.C2H6O/c19-15(10-11-4-6-12(7-5-11)18(20)21)13-2-1-3-14(17-13)16-22-8-9-23-16;1-2-3/h1-7,15-16,19H,8-10H2;3H,2H2,1H3. The molecule has 1 fully saturated rings. The fraction of sp³-hybridized carbons (Fsp3) is 0.389. The topological polar surface area (TPSA) is 115 Å². The Morgan fingerprint density at radius 2 is 1.85 bits per heavy atom. The van der Waals surface area contributed by atoms with E-state index < -0.39 is 17.3 Å². The van der Waals surface area contributed by atoms with Gasteiger partial charge in [-0.3, -0.25) is 10.1 Å². The maximum atomic E-state index is 10.6. The molecule has 0 saturated carbocycles. The lowest BCUT2D eigenvalue weighted by Gasteiger charge is -2.13. The van der Waals surface area contributed by atoms with E-state index in [-0.39, 0.29) is 12.3 Å². The third-order valence-electron chi connectivity index (χ3n) is 3.57. The number of aliphatic hydroxyl groups is 2. The van der Waals surface area contributed by atoms with Crippen molar-refractivity contribution in [3.63, 3.8) is 0 Å². The van der Waals surface area contributed by atoms with Gasteiger partial charge in [0.15, 0.2) is 0 Å². The molecule has 1 aromatic carbocycles. The molecular formula is C18H22N2O6. The number of pyridine rings is 1. The van der Waals surface area contributed by atoms with Crippen LogP contribution in [0.1, 0.15) is 36.3 Å². The Bertz CT molecular complexity index is 701. The first kappa shape index (κ1) is 19.9. The van der Waals surface area contributed by atoms with E-state index in [2.05, 4.69) is 4.98 Å². The zero-order chi connectivity index (χ0) is 18.9. The Labute approximate surface area is 151 Å². The minimum atomic E-state index is -0.808. The van der Waals surface area contributed by atoms with Crippen LogP contribution in [0.25, 0.3) is 0 Å². The van der Waals surface area contributed by atoms with Crippen molar-refractivity contribution in [1.29, 1.82) is 0 Å². The largest absolute Gasteiger partial charge is 0.397 e. The zero-order valence-electron chi connectivity index (χ0n) is 14.4. The molecule has 1 unspecified atom stereocenters. The number of benzene rings is 1. The minimum Gasteiger partial charge on any atom is -0.397 e.